The smallest absolute Gasteiger partial charge is 0.180 e. The van der Waals surface area contributed by atoms with Crippen LogP contribution in [-0.2, 0) is 13.5 Å². The van der Waals surface area contributed by atoms with Crippen LogP contribution in [0.5, 0.6) is 0 Å². The lowest BCUT2D eigenvalue weighted by molar-refractivity contribution is 0.0972. The van der Waals surface area contributed by atoms with Gasteiger partial charge in [-0.05, 0) is 18.9 Å². The highest BCUT2D eigenvalue weighted by atomic mass is 16.1. The average Bonchev–Trinajstić information content (AvgIpc) is 2.47. The molecule has 0 spiro atoms. The molecule has 3 nitrogen and oxygen atoms in total. The van der Waals surface area contributed by atoms with Gasteiger partial charge in [0.25, 0.3) is 0 Å². The predicted octanol–water partition coefficient (Wildman–Crippen LogP) is 1.97. The molecular weight excluding hydrogens is 164 g/mol. The third-order valence-corrected chi connectivity index (χ3v) is 2.06. The molecule has 13 heavy (non-hydrogen) atoms. The van der Waals surface area contributed by atoms with Crippen molar-refractivity contribution in [3.8, 4) is 0 Å². The predicted molar refractivity (Wildman–Crippen MR) is 51.8 cm³/mol. The van der Waals surface area contributed by atoms with E-state index in [0.717, 1.165) is 24.2 Å². The number of hydrogen-bond donors (Lipinski definition) is 0. The summed E-state index contributed by atoms with van der Waals surface area (Å²) in [5.74, 6) is 0.192. The molecule has 0 aliphatic carbocycles. The largest absolute Gasteiger partial charge is 0.292 e. The molecule has 3 heteroatoms. The fourth-order valence-corrected chi connectivity index (χ4v) is 1.32. The Labute approximate surface area is 78.8 Å². The molecule has 0 aliphatic rings. The summed E-state index contributed by atoms with van der Waals surface area (Å²) in [6, 6.07) is 1.89. The number of rotatable bonds is 4. The number of ketones is 1. The zero-order valence-electron chi connectivity index (χ0n) is 8.50. The number of carbonyl (C=O) groups is 1. The van der Waals surface area contributed by atoms with E-state index < -0.39 is 0 Å². The lowest BCUT2D eigenvalue weighted by Crippen LogP contribution is -2.05. The summed E-state index contributed by atoms with van der Waals surface area (Å²) < 4.78 is 1.68. The monoisotopic (exact) mass is 180 g/mol. The Bertz CT molecular complexity index is 302. The van der Waals surface area contributed by atoms with Gasteiger partial charge in [-0.2, -0.15) is 5.10 Å². The summed E-state index contributed by atoms with van der Waals surface area (Å²) in [7, 11) is 1.82. The van der Waals surface area contributed by atoms with Gasteiger partial charge in [-0.1, -0.05) is 13.8 Å². The highest BCUT2D eigenvalue weighted by Crippen LogP contribution is 2.07. The van der Waals surface area contributed by atoms with Crippen LogP contribution in [0.2, 0.25) is 0 Å². The van der Waals surface area contributed by atoms with Crippen LogP contribution < -0.4 is 0 Å². The highest BCUT2D eigenvalue weighted by Gasteiger charge is 2.10. The van der Waals surface area contributed by atoms with Gasteiger partial charge in [0.2, 0.25) is 0 Å². The normalized spacial score (nSPS) is 10.4. The van der Waals surface area contributed by atoms with Gasteiger partial charge in [-0.15, -0.1) is 0 Å². The maximum Gasteiger partial charge on any atom is 0.180 e. The molecule has 1 aromatic rings. The Balaban J connectivity index is 2.87. The van der Waals surface area contributed by atoms with Crippen molar-refractivity contribution >= 4 is 5.78 Å². The van der Waals surface area contributed by atoms with Crippen molar-refractivity contribution in [2.75, 3.05) is 0 Å². The van der Waals surface area contributed by atoms with Crippen LogP contribution in [0.4, 0.5) is 0 Å². The maximum absolute atomic E-state index is 11.5. The third-order valence-electron chi connectivity index (χ3n) is 2.06. The number of hydrogen-bond acceptors (Lipinski definition) is 2. The number of aryl methyl sites for hydroxylation is 2. The molecule has 72 valence electrons. The number of nitrogens with zero attached hydrogens (tertiary/aromatic N) is 2. The Hall–Kier alpha value is -1.12. The molecule has 0 fully saturated rings. The van der Waals surface area contributed by atoms with E-state index in [9.17, 15) is 4.79 Å². The second-order valence-corrected chi connectivity index (χ2v) is 3.17. The minimum absolute atomic E-state index is 0.192. The van der Waals surface area contributed by atoms with Crippen LogP contribution in [0.25, 0.3) is 0 Å². The van der Waals surface area contributed by atoms with Crippen LogP contribution in [0.3, 0.4) is 0 Å². The van der Waals surface area contributed by atoms with Crippen LogP contribution >= 0.6 is 0 Å². The highest BCUT2D eigenvalue weighted by molar-refractivity contribution is 5.94. The molecule has 0 N–H and O–H groups in total. The van der Waals surface area contributed by atoms with Gasteiger partial charge in [0.05, 0.1) is 5.69 Å². The van der Waals surface area contributed by atoms with Crippen molar-refractivity contribution in [2.24, 2.45) is 7.05 Å². The molecule has 0 radical (unpaired) electrons. The first-order valence-electron chi connectivity index (χ1n) is 4.75. The van der Waals surface area contributed by atoms with Gasteiger partial charge in [-0.3, -0.25) is 9.48 Å². The third kappa shape index (κ3) is 2.17. The van der Waals surface area contributed by atoms with Gasteiger partial charge in [0.1, 0.15) is 5.69 Å². The molecule has 0 saturated heterocycles. The van der Waals surface area contributed by atoms with E-state index in [-0.39, 0.29) is 5.78 Å². The second kappa shape index (κ2) is 4.21. The standard InChI is InChI=1S/C10H16N2O/c1-4-6-10(13)9-7-8(5-2)11-12(9)3/h7H,4-6H2,1-3H3. The molecule has 1 heterocycles. The Morgan fingerprint density at radius 1 is 1.54 bits per heavy atom. The minimum Gasteiger partial charge on any atom is -0.292 e. The summed E-state index contributed by atoms with van der Waals surface area (Å²) in [6.45, 7) is 4.05. The first-order valence-corrected chi connectivity index (χ1v) is 4.75. The van der Waals surface area contributed by atoms with Gasteiger partial charge in [0, 0.05) is 13.5 Å². The fraction of sp³-hybridized carbons (Fsp3) is 0.600. The van der Waals surface area contributed by atoms with Crippen molar-refractivity contribution in [1.82, 2.24) is 9.78 Å². The fourth-order valence-electron chi connectivity index (χ4n) is 1.32. The van der Waals surface area contributed by atoms with E-state index >= 15 is 0 Å². The number of carbonyl (C=O) groups excluding carboxylic acids is 1. The molecule has 0 unspecified atom stereocenters. The zero-order valence-corrected chi connectivity index (χ0v) is 8.50. The number of aromatic nitrogens is 2. The summed E-state index contributed by atoms with van der Waals surface area (Å²) in [4.78, 5) is 11.5. The average molecular weight is 180 g/mol. The molecule has 0 aromatic carbocycles. The van der Waals surface area contributed by atoms with Crippen molar-refractivity contribution in [3.05, 3.63) is 17.5 Å². The van der Waals surface area contributed by atoms with Gasteiger partial charge >= 0.3 is 0 Å². The van der Waals surface area contributed by atoms with Crippen molar-refractivity contribution < 1.29 is 4.79 Å². The molecule has 1 rings (SSSR count). The van der Waals surface area contributed by atoms with E-state index in [1.54, 1.807) is 4.68 Å². The summed E-state index contributed by atoms with van der Waals surface area (Å²) in [6.07, 6.45) is 2.39. The molecule has 1 aromatic heterocycles. The Morgan fingerprint density at radius 2 is 2.23 bits per heavy atom. The van der Waals surface area contributed by atoms with Gasteiger partial charge in [0.15, 0.2) is 5.78 Å². The van der Waals surface area contributed by atoms with E-state index in [0.29, 0.717) is 6.42 Å². The molecule has 0 atom stereocenters. The quantitative estimate of drug-likeness (QED) is 0.664. The topological polar surface area (TPSA) is 34.9 Å². The van der Waals surface area contributed by atoms with E-state index in [1.165, 1.54) is 0 Å². The van der Waals surface area contributed by atoms with Crippen LogP contribution in [-0.4, -0.2) is 15.6 Å². The van der Waals surface area contributed by atoms with E-state index in [2.05, 4.69) is 5.10 Å². The van der Waals surface area contributed by atoms with E-state index in [1.807, 2.05) is 27.0 Å². The molecule has 0 saturated carbocycles. The summed E-state index contributed by atoms with van der Waals surface area (Å²) in [5.41, 5.74) is 1.72. The maximum atomic E-state index is 11.5. The van der Waals surface area contributed by atoms with Gasteiger partial charge < -0.3 is 0 Å². The lowest BCUT2D eigenvalue weighted by atomic mass is 10.1. The first kappa shape index (κ1) is 9.96. The molecule has 0 aliphatic heterocycles. The van der Waals surface area contributed by atoms with Crippen LogP contribution in [0, 0.1) is 0 Å². The molecular formula is C10H16N2O. The van der Waals surface area contributed by atoms with Crippen molar-refractivity contribution in [1.29, 1.82) is 0 Å². The lowest BCUT2D eigenvalue weighted by Gasteiger charge is -1.97. The van der Waals surface area contributed by atoms with E-state index in [4.69, 9.17) is 0 Å². The summed E-state index contributed by atoms with van der Waals surface area (Å²) >= 11 is 0. The van der Waals surface area contributed by atoms with Crippen molar-refractivity contribution in [3.63, 3.8) is 0 Å². The van der Waals surface area contributed by atoms with Gasteiger partial charge in [-0.25, -0.2) is 0 Å². The SMILES string of the molecule is CCCC(=O)c1cc(CC)nn1C. The first-order chi connectivity index (χ1) is 6.19. The molecule has 0 bridgehead atoms. The number of Topliss-reactive ketones (excluding diaryl/α,β-unsaturated/α-hetero) is 1. The molecule has 0 amide bonds. The minimum atomic E-state index is 0.192. The van der Waals surface area contributed by atoms with Crippen LogP contribution in [0.15, 0.2) is 6.07 Å². The van der Waals surface area contributed by atoms with Crippen molar-refractivity contribution in [2.45, 2.75) is 33.1 Å². The Morgan fingerprint density at radius 3 is 2.69 bits per heavy atom. The zero-order chi connectivity index (χ0) is 9.84. The summed E-state index contributed by atoms with van der Waals surface area (Å²) in [5, 5.41) is 4.23. The van der Waals surface area contributed by atoms with Crippen LogP contribution in [0.1, 0.15) is 42.9 Å². The Kier molecular flexibility index (Phi) is 3.23. The second-order valence-electron chi connectivity index (χ2n) is 3.17.